The maximum atomic E-state index is 12.7. The fourth-order valence-corrected chi connectivity index (χ4v) is 8.94. The molecule has 0 aliphatic rings. The molecule has 3 N–H and O–H groups in total. The van der Waals surface area contributed by atoms with Gasteiger partial charge in [0.05, 0.1) is 19.8 Å². The smallest absolute Gasteiger partial charge is 0.457 e. The lowest BCUT2D eigenvalue weighted by atomic mass is 10.0. The van der Waals surface area contributed by atoms with Gasteiger partial charge in [-0.05, 0) is 38.5 Å². The van der Waals surface area contributed by atoms with Gasteiger partial charge in [0, 0.05) is 19.6 Å². The second kappa shape index (κ2) is 51.2. The summed E-state index contributed by atoms with van der Waals surface area (Å²) in [4.78, 5) is 22.6. The van der Waals surface area contributed by atoms with Crippen LogP contribution in [0, 0.1) is 0 Å². The van der Waals surface area contributed by atoms with Crippen LogP contribution in [0.3, 0.4) is 0 Å². The Morgan fingerprint density at radius 2 is 0.806 bits per heavy atom. The zero-order chi connectivity index (χ0) is 45.1. The number of carbonyl (C=O) groups excluding carboxylic acids is 1. The maximum Gasteiger partial charge on any atom is 0.472 e. The van der Waals surface area contributed by atoms with Crippen molar-refractivity contribution in [1.29, 1.82) is 0 Å². The Balaban J connectivity index is 3.85. The highest BCUT2D eigenvalue weighted by Gasteiger charge is 2.25. The number of hydrogen-bond donors (Lipinski definition) is 2. The van der Waals surface area contributed by atoms with Gasteiger partial charge in [0.1, 0.15) is 6.10 Å². The molecule has 0 amide bonds. The minimum absolute atomic E-state index is 0.0922. The molecule has 2 unspecified atom stereocenters. The molecule has 0 aromatic carbocycles. The molecule has 9 heteroatoms. The third-order valence-electron chi connectivity index (χ3n) is 12.2. The molecular weight excluding hydrogens is 794 g/mol. The van der Waals surface area contributed by atoms with Crippen LogP contribution in [0.1, 0.15) is 284 Å². The van der Waals surface area contributed by atoms with Crippen LogP contribution >= 0.6 is 7.82 Å². The van der Waals surface area contributed by atoms with Crippen LogP contribution in [-0.4, -0.2) is 49.9 Å². The molecule has 0 heterocycles. The molecule has 0 saturated carbocycles. The van der Waals surface area contributed by atoms with E-state index >= 15 is 0 Å². The molecular formula is C53H106NO7P. The van der Waals surface area contributed by atoms with E-state index in [1.807, 2.05) is 0 Å². The lowest BCUT2D eigenvalue weighted by Gasteiger charge is -2.20. The third kappa shape index (κ3) is 50.2. The first kappa shape index (κ1) is 61.2. The zero-order valence-electron chi connectivity index (χ0n) is 41.4. The van der Waals surface area contributed by atoms with Crippen LogP contribution in [-0.2, 0) is 27.9 Å². The minimum atomic E-state index is -4.28. The molecule has 62 heavy (non-hydrogen) atoms. The molecule has 0 rings (SSSR count). The van der Waals surface area contributed by atoms with E-state index < -0.39 is 13.9 Å². The molecule has 370 valence electrons. The fraction of sp³-hybridized carbons (Fsp3) is 0.943. The summed E-state index contributed by atoms with van der Waals surface area (Å²) in [5, 5.41) is 0. The first-order valence-electron chi connectivity index (χ1n) is 27.2. The van der Waals surface area contributed by atoms with Crippen molar-refractivity contribution in [2.75, 3.05) is 33.0 Å². The zero-order valence-corrected chi connectivity index (χ0v) is 42.3. The van der Waals surface area contributed by atoms with Crippen molar-refractivity contribution in [1.82, 2.24) is 0 Å². The number of hydrogen-bond acceptors (Lipinski definition) is 7. The van der Waals surface area contributed by atoms with Crippen LogP contribution in [0.5, 0.6) is 0 Å². The number of esters is 1. The Labute approximate surface area is 385 Å². The molecule has 8 nitrogen and oxygen atoms in total. The summed E-state index contributed by atoms with van der Waals surface area (Å²) in [6.07, 6.45) is 58.3. The molecule has 0 aliphatic carbocycles. The van der Waals surface area contributed by atoms with E-state index in [9.17, 15) is 14.3 Å². The maximum absolute atomic E-state index is 12.7. The van der Waals surface area contributed by atoms with Crippen LogP contribution in [0.4, 0.5) is 0 Å². The molecule has 0 bridgehead atoms. The summed E-state index contributed by atoms with van der Waals surface area (Å²) in [5.41, 5.74) is 5.39. The Morgan fingerprint density at radius 3 is 1.18 bits per heavy atom. The molecule has 0 fully saturated rings. The molecule has 0 aromatic heterocycles. The highest BCUT2D eigenvalue weighted by atomic mass is 31.2. The molecule has 0 saturated heterocycles. The first-order chi connectivity index (χ1) is 30.4. The molecule has 0 aliphatic heterocycles. The van der Waals surface area contributed by atoms with Crippen LogP contribution in [0.15, 0.2) is 12.2 Å². The quantitative estimate of drug-likeness (QED) is 0.0268. The van der Waals surface area contributed by atoms with Gasteiger partial charge in [0.15, 0.2) is 0 Å². The van der Waals surface area contributed by atoms with E-state index in [4.69, 9.17) is 24.3 Å². The van der Waals surface area contributed by atoms with Gasteiger partial charge in [-0.3, -0.25) is 13.8 Å². The molecule has 0 radical (unpaired) electrons. The molecule has 0 aromatic rings. The predicted octanol–water partition coefficient (Wildman–Crippen LogP) is 17.0. The normalized spacial score (nSPS) is 13.3. The van der Waals surface area contributed by atoms with Crippen molar-refractivity contribution in [3.05, 3.63) is 12.2 Å². The van der Waals surface area contributed by atoms with E-state index in [-0.39, 0.29) is 32.3 Å². The molecule has 2 atom stereocenters. The second-order valence-electron chi connectivity index (χ2n) is 18.5. The molecule has 0 spiro atoms. The Bertz CT molecular complexity index is 966. The van der Waals surface area contributed by atoms with E-state index in [1.54, 1.807) is 0 Å². The summed E-state index contributed by atoms with van der Waals surface area (Å²) in [6, 6.07) is 0. The third-order valence-corrected chi connectivity index (χ3v) is 13.2. The monoisotopic (exact) mass is 900 g/mol. The van der Waals surface area contributed by atoms with Crippen LogP contribution in [0.2, 0.25) is 0 Å². The SMILES string of the molecule is CCCCCCCC/C=C\CCCCCCCCCCOCC(COP(=O)(O)OCCN)OC(=O)CCCCCCCCCCCCCCCCCCCCCCCCCCC. The number of phosphoric acid groups is 1. The number of unbranched alkanes of at least 4 members (excludes halogenated alkanes) is 38. The van der Waals surface area contributed by atoms with Crippen LogP contribution < -0.4 is 5.73 Å². The highest BCUT2D eigenvalue weighted by molar-refractivity contribution is 7.47. The Kier molecular flexibility index (Phi) is 50.6. The first-order valence-corrected chi connectivity index (χ1v) is 28.7. The highest BCUT2D eigenvalue weighted by Crippen LogP contribution is 2.43. The largest absolute Gasteiger partial charge is 0.472 e. The van der Waals surface area contributed by atoms with E-state index in [0.717, 1.165) is 32.1 Å². The van der Waals surface area contributed by atoms with Gasteiger partial charge in [0.25, 0.3) is 0 Å². The average molecular weight is 900 g/mol. The Morgan fingerprint density at radius 1 is 0.468 bits per heavy atom. The van der Waals surface area contributed by atoms with E-state index in [2.05, 4.69) is 26.0 Å². The van der Waals surface area contributed by atoms with Crippen molar-refractivity contribution < 1.29 is 32.8 Å². The lowest BCUT2D eigenvalue weighted by Crippen LogP contribution is -2.28. The number of allylic oxidation sites excluding steroid dienone is 2. The topological polar surface area (TPSA) is 117 Å². The van der Waals surface area contributed by atoms with E-state index in [1.165, 1.54) is 231 Å². The number of carbonyl (C=O) groups is 1. The number of nitrogens with two attached hydrogens (primary N) is 1. The summed E-state index contributed by atoms with van der Waals surface area (Å²) in [5.74, 6) is -0.323. The Hall–Kier alpha value is -0.760. The fourth-order valence-electron chi connectivity index (χ4n) is 8.17. The van der Waals surface area contributed by atoms with Crippen molar-refractivity contribution in [2.45, 2.75) is 290 Å². The minimum Gasteiger partial charge on any atom is -0.457 e. The summed E-state index contributed by atoms with van der Waals surface area (Å²) < 4.78 is 33.6. The number of rotatable bonds is 53. The van der Waals surface area contributed by atoms with Gasteiger partial charge < -0.3 is 20.1 Å². The van der Waals surface area contributed by atoms with Crippen molar-refractivity contribution in [3.63, 3.8) is 0 Å². The van der Waals surface area contributed by atoms with Gasteiger partial charge in [-0.15, -0.1) is 0 Å². The summed E-state index contributed by atoms with van der Waals surface area (Å²) >= 11 is 0. The van der Waals surface area contributed by atoms with Gasteiger partial charge in [0.2, 0.25) is 0 Å². The average Bonchev–Trinajstić information content (AvgIpc) is 3.26. The van der Waals surface area contributed by atoms with Crippen molar-refractivity contribution in [3.8, 4) is 0 Å². The number of phosphoric ester groups is 1. The van der Waals surface area contributed by atoms with Crippen LogP contribution in [0.25, 0.3) is 0 Å². The number of ether oxygens (including phenoxy) is 2. The predicted molar refractivity (Wildman–Crippen MR) is 266 cm³/mol. The standard InChI is InChI=1S/C53H106NO7P/c1-3-5-7-9-11-13-15-17-19-21-23-24-25-26-27-28-29-30-32-34-36-38-40-42-44-46-53(55)61-52(51-60-62(56,57)59-49-47-54)50-58-48-45-43-41-39-37-35-33-31-22-20-18-16-14-12-10-8-6-4-2/h18,20,52H,3-17,19,21-51,54H2,1-2H3,(H,56,57)/b20-18-. The van der Waals surface area contributed by atoms with E-state index in [0.29, 0.717) is 13.0 Å². The second-order valence-corrected chi connectivity index (χ2v) is 19.9. The van der Waals surface area contributed by atoms with Crippen molar-refractivity contribution >= 4 is 13.8 Å². The van der Waals surface area contributed by atoms with Gasteiger partial charge in [-0.25, -0.2) is 4.57 Å². The summed E-state index contributed by atoms with van der Waals surface area (Å²) in [6.45, 7) is 4.98. The van der Waals surface area contributed by atoms with Gasteiger partial charge in [-0.2, -0.15) is 0 Å². The summed E-state index contributed by atoms with van der Waals surface area (Å²) in [7, 11) is -4.28. The van der Waals surface area contributed by atoms with Gasteiger partial charge >= 0.3 is 13.8 Å². The lowest BCUT2D eigenvalue weighted by molar-refractivity contribution is -0.154. The van der Waals surface area contributed by atoms with Gasteiger partial charge in [-0.1, -0.05) is 251 Å². The van der Waals surface area contributed by atoms with Crippen molar-refractivity contribution in [2.24, 2.45) is 5.73 Å².